The second-order valence-electron chi connectivity index (χ2n) is 4.61. The Morgan fingerprint density at radius 3 is 2.75 bits per heavy atom. The lowest BCUT2D eigenvalue weighted by atomic mass is 10.2. The number of aromatic nitrogens is 3. The maximum Gasteiger partial charge on any atom is 0.573 e. The summed E-state index contributed by atoms with van der Waals surface area (Å²) in [4.78, 5) is 22.8. The van der Waals surface area contributed by atoms with Crippen molar-refractivity contribution in [3.63, 3.8) is 0 Å². The maximum absolute atomic E-state index is 13.4. The van der Waals surface area contributed by atoms with Crippen LogP contribution in [0.15, 0.2) is 36.8 Å². The number of amides is 1. The molecular formula is C14H8F4N4O2. The first-order valence-electron chi connectivity index (χ1n) is 6.48. The number of benzene rings is 1. The molecule has 10 heteroatoms. The van der Waals surface area contributed by atoms with E-state index >= 15 is 0 Å². The second kappa shape index (κ2) is 5.80. The lowest BCUT2D eigenvalue weighted by Gasteiger charge is -2.12. The Morgan fingerprint density at radius 1 is 1.21 bits per heavy atom. The number of imidazole rings is 1. The Morgan fingerprint density at radius 2 is 2.00 bits per heavy atom. The Hall–Kier alpha value is -3.17. The number of anilines is 1. The minimum absolute atomic E-state index is 0.0647. The van der Waals surface area contributed by atoms with E-state index in [-0.39, 0.29) is 11.3 Å². The number of pyridine rings is 1. The van der Waals surface area contributed by atoms with Gasteiger partial charge in [0.15, 0.2) is 17.2 Å². The molecule has 6 nitrogen and oxygen atoms in total. The first-order valence-corrected chi connectivity index (χ1v) is 6.48. The zero-order valence-electron chi connectivity index (χ0n) is 11.7. The number of alkyl halides is 3. The van der Waals surface area contributed by atoms with Gasteiger partial charge in [-0.25, -0.2) is 14.4 Å². The molecule has 0 unspecified atom stereocenters. The van der Waals surface area contributed by atoms with Gasteiger partial charge in [-0.1, -0.05) is 0 Å². The third-order valence-electron chi connectivity index (χ3n) is 2.99. The van der Waals surface area contributed by atoms with Gasteiger partial charge in [-0.15, -0.1) is 13.2 Å². The predicted octanol–water partition coefficient (Wildman–Crippen LogP) is 3.25. The highest BCUT2D eigenvalue weighted by Gasteiger charge is 2.32. The van der Waals surface area contributed by atoms with Crippen molar-refractivity contribution in [1.82, 2.24) is 15.0 Å². The third-order valence-corrected chi connectivity index (χ3v) is 2.99. The van der Waals surface area contributed by atoms with E-state index in [1.807, 2.05) is 0 Å². The molecule has 0 aliphatic rings. The monoisotopic (exact) mass is 340 g/mol. The molecule has 0 fully saturated rings. The summed E-state index contributed by atoms with van der Waals surface area (Å²) in [5.74, 6) is -2.87. The zero-order chi connectivity index (χ0) is 17.3. The van der Waals surface area contributed by atoms with Crippen LogP contribution in [0.3, 0.4) is 0 Å². The largest absolute Gasteiger partial charge is 0.573 e. The van der Waals surface area contributed by atoms with Crippen LogP contribution in [0.2, 0.25) is 0 Å². The summed E-state index contributed by atoms with van der Waals surface area (Å²) in [6.07, 6.45) is -2.33. The van der Waals surface area contributed by atoms with Crippen LogP contribution in [-0.2, 0) is 0 Å². The fraction of sp³-hybridized carbons (Fsp3) is 0.0714. The molecular weight excluding hydrogens is 332 g/mol. The molecule has 1 amide bonds. The summed E-state index contributed by atoms with van der Waals surface area (Å²) >= 11 is 0. The van der Waals surface area contributed by atoms with Crippen LogP contribution in [-0.4, -0.2) is 27.2 Å². The highest BCUT2D eigenvalue weighted by Crippen LogP contribution is 2.28. The van der Waals surface area contributed by atoms with Crippen LogP contribution >= 0.6 is 0 Å². The summed E-state index contributed by atoms with van der Waals surface area (Å²) in [6.45, 7) is 0. The molecule has 0 saturated carbocycles. The van der Waals surface area contributed by atoms with Crippen molar-refractivity contribution in [2.24, 2.45) is 0 Å². The van der Waals surface area contributed by atoms with Gasteiger partial charge in [0.25, 0.3) is 5.91 Å². The van der Waals surface area contributed by atoms with Crippen molar-refractivity contribution in [2.75, 3.05) is 5.32 Å². The van der Waals surface area contributed by atoms with E-state index in [4.69, 9.17) is 0 Å². The standard InChI is InChI=1S/C14H8F4N4O2/c15-9-2-1-7(5-10(9)24-14(16,17)18)22-13(23)8-3-4-19-12-11(8)20-6-21-12/h1-6H,(H,22,23)(H,19,20,21). The van der Waals surface area contributed by atoms with Gasteiger partial charge in [0.1, 0.15) is 0 Å². The van der Waals surface area contributed by atoms with Crippen molar-refractivity contribution in [2.45, 2.75) is 6.36 Å². The van der Waals surface area contributed by atoms with Crippen molar-refractivity contribution < 1.29 is 27.1 Å². The van der Waals surface area contributed by atoms with E-state index in [2.05, 4.69) is 25.0 Å². The number of nitrogens with one attached hydrogen (secondary N) is 2. The molecule has 0 aliphatic carbocycles. The number of H-pyrrole nitrogens is 1. The van der Waals surface area contributed by atoms with Crippen LogP contribution in [0, 0.1) is 5.82 Å². The van der Waals surface area contributed by atoms with Crippen LogP contribution in [0.5, 0.6) is 5.75 Å². The molecule has 0 spiro atoms. The molecule has 0 aliphatic heterocycles. The van der Waals surface area contributed by atoms with Crippen LogP contribution in [0.4, 0.5) is 23.2 Å². The summed E-state index contributed by atoms with van der Waals surface area (Å²) in [5, 5.41) is 2.37. The number of carbonyl (C=O) groups is 1. The number of nitrogens with zero attached hydrogens (tertiary/aromatic N) is 2. The van der Waals surface area contributed by atoms with E-state index in [9.17, 15) is 22.4 Å². The molecule has 2 heterocycles. The average molecular weight is 340 g/mol. The smallest absolute Gasteiger partial charge is 0.403 e. The number of aromatic amines is 1. The SMILES string of the molecule is O=C(Nc1ccc(F)c(OC(F)(F)F)c1)c1ccnc2nc[nH]c12. The van der Waals surface area contributed by atoms with Gasteiger partial charge >= 0.3 is 6.36 Å². The Kier molecular flexibility index (Phi) is 3.80. The van der Waals surface area contributed by atoms with Crippen LogP contribution in [0.1, 0.15) is 10.4 Å². The first kappa shape index (κ1) is 15.7. The highest BCUT2D eigenvalue weighted by molar-refractivity contribution is 6.10. The third kappa shape index (κ3) is 3.26. The number of carbonyl (C=O) groups excluding carboxylic acids is 1. The number of halogens is 4. The van der Waals surface area contributed by atoms with Gasteiger partial charge in [0.2, 0.25) is 0 Å². The lowest BCUT2D eigenvalue weighted by molar-refractivity contribution is -0.275. The van der Waals surface area contributed by atoms with Gasteiger partial charge in [-0.2, -0.15) is 0 Å². The van der Waals surface area contributed by atoms with E-state index in [0.29, 0.717) is 11.2 Å². The van der Waals surface area contributed by atoms with E-state index in [1.54, 1.807) is 0 Å². The van der Waals surface area contributed by atoms with Gasteiger partial charge in [0, 0.05) is 18.0 Å². The van der Waals surface area contributed by atoms with Crippen molar-refractivity contribution in [3.8, 4) is 5.75 Å². The first-order chi connectivity index (χ1) is 11.3. The molecule has 124 valence electrons. The number of rotatable bonds is 3. The summed E-state index contributed by atoms with van der Waals surface area (Å²) in [5.41, 5.74) is 0.789. The van der Waals surface area contributed by atoms with E-state index in [1.165, 1.54) is 18.6 Å². The number of hydrogen-bond donors (Lipinski definition) is 2. The molecule has 0 saturated heterocycles. The van der Waals surface area contributed by atoms with Gasteiger partial charge in [-0.05, 0) is 18.2 Å². The molecule has 24 heavy (non-hydrogen) atoms. The van der Waals surface area contributed by atoms with Crippen molar-refractivity contribution in [1.29, 1.82) is 0 Å². The molecule has 0 radical (unpaired) electrons. The topological polar surface area (TPSA) is 79.9 Å². The molecule has 1 aromatic carbocycles. The van der Waals surface area contributed by atoms with Gasteiger partial charge < -0.3 is 15.0 Å². The van der Waals surface area contributed by atoms with Crippen molar-refractivity contribution >= 4 is 22.8 Å². The number of fused-ring (bicyclic) bond motifs is 1. The zero-order valence-corrected chi connectivity index (χ0v) is 11.7. The number of ether oxygens (including phenoxy) is 1. The van der Waals surface area contributed by atoms with E-state index < -0.39 is 23.8 Å². The molecule has 3 aromatic rings. The van der Waals surface area contributed by atoms with Gasteiger partial charge in [0.05, 0.1) is 17.4 Å². The molecule has 3 rings (SSSR count). The summed E-state index contributed by atoms with van der Waals surface area (Å²) in [7, 11) is 0. The minimum atomic E-state index is -5.04. The fourth-order valence-corrected chi connectivity index (χ4v) is 2.02. The minimum Gasteiger partial charge on any atom is -0.403 e. The summed E-state index contributed by atoms with van der Waals surface area (Å²) < 4.78 is 53.6. The predicted molar refractivity (Wildman–Crippen MR) is 74.9 cm³/mol. The normalized spacial score (nSPS) is 11.5. The molecule has 2 N–H and O–H groups in total. The van der Waals surface area contributed by atoms with E-state index in [0.717, 1.165) is 18.2 Å². The molecule has 0 atom stereocenters. The molecule has 2 aromatic heterocycles. The van der Waals surface area contributed by atoms with Crippen LogP contribution < -0.4 is 10.1 Å². The summed E-state index contributed by atoms with van der Waals surface area (Å²) in [6, 6.07) is 4.02. The fourth-order valence-electron chi connectivity index (χ4n) is 2.02. The highest BCUT2D eigenvalue weighted by atomic mass is 19.4. The molecule has 0 bridgehead atoms. The number of hydrogen-bond acceptors (Lipinski definition) is 4. The van der Waals surface area contributed by atoms with Crippen LogP contribution in [0.25, 0.3) is 11.2 Å². The Bertz CT molecular complexity index is 907. The lowest BCUT2D eigenvalue weighted by Crippen LogP contribution is -2.18. The average Bonchev–Trinajstić information content (AvgIpc) is 2.97. The Labute approximate surface area is 131 Å². The quantitative estimate of drug-likeness (QED) is 0.717. The second-order valence-corrected chi connectivity index (χ2v) is 4.61. The maximum atomic E-state index is 13.4. The Balaban J connectivity index is 1.87. The van der Waals surface area contributed by atoms with Crippen molar-refractivity contribution in [3.05, 3.63) is 48.2 Å². The van der Waals surface area contributed by atoms with Gasteiger partial charge in [-0.3, -0.25) is 4.79 Å².